The van der Waals surface area contributed by atoms with Gasteiger partial charge in [0.2, 0.25) is 0 Å². The van der Waals surface area contributed by atoms with Crippen molar-refractivity contribution >= 4 is 23.1 Å². The predicted molar refractivity (Wildman–Crippen MR) is 155 cm³/mol. The van der Waals surface area contributed by atoms with Crippen LogP contribution in [0.4, 0.5) is 5.69 Å². The largest absolute Gasteiger partial charge is 0.507 e. The van der Waals surface area contributed by atoms with Crippen LogP contribution in [-0.2, 0) is 11.3 Å². The number of phenolic OH excluding ortho intramolecular Hbond substituents is 1. The Morgan fingerprint density at radius 2 is 1.76 bits per heavy atom. The van der Waals surface area contributed by atoms with Gasteiger partial charge >= 0.3 is 0 Å². The molecule has 38 heavy (non-hydrogen) atoms. The number of nitrogens with one attached hydrogen (secondary N) is 2. The van der Waals surface area contributed by atoms with Crippen LogP contribution in [0.1, 0.15) is 57.2 Å². The zero-order valence-electron chi connectivity index (χ0n) is 23.7. The van der Waals surface area contributed by atoms with Gasteiger partial charge in [0.25, 0.3) is 5.91 Å². The fraction of sp³-hybridized carbons (Fsp3) is 0.467. The molecule has 0 bridgehead atoms. The molecule has 2 aromatic rings. The van der Waals surface area contributed by atoms with Crippen molar-refractivity contribution in [3.63, 3.8) is 0 Å². The lowest BCUT2D eigenvalue weighted by Crippen LogP contribution is -2.48. The molecule has 206 valence electrons. The van der Waals surface area contributed by atoms with Crippen molar-refractivity contribution in [3.05, 3.63) is 59.7 Å². The van der Waals surface area contributed by atoms with E-state index in [1.165, 1.54) is 4.90 Å². The van der Waals surface area contributed by atoms with Crippen LogP contribution in [0, 0.1) is 5.41 Å². The number of amidine groups is 1. The van der Waals surface area contributed by atoms with Crippen LogP contribution in [0.3, 0.4) is 0 Å². The number of methoxy groups -OCH3 is 1. The van der Waals surface area contributed by atoms with Crippen molar-refractivity contribution < 1.29 is 14.6 Å². The number of ether oxygens (including phenoxy) is 1. The average molecular weight is 522 g/mol. The van der Waals surface area contributed by atoms with Gasteiger partial charge in [0.05, 0.1) is 12.8 Å². The number of phenols is 1. The molecule has 8 heteroatoms. The van der Waals surface area contributed by atoms with Gasteiger partial charge in [-0.15, -0.1) is 0 Å². The van der Waals surface area contributed by atoms with E-state index in [2.05, 4.69) is 35.5 Å². The van der Waals surface area contributed by atoms with E-state index in [1.807, 2.05) is 51.1 Å². The third kappa shape index (κ3) is 6.74. The topological polar surface area (TPSA) is 92.1 Å². The second-order valence-electron chi connectivity index (χ2n) is 10.3. The molecule has 0 aromatic heterocycles. The summed E-state index contributed by atoms with van der Waals surface area (Å²) in [7, 11) is 1.57. The number of likely N-dealkylation sites (N-methyl/N-ethyl adjacent to an activating group) is 1. The molecule has 0 saturated carbocycles. The van der Waals surface area contributed by atoms with E-state index in [4.69, 9.17) is 10.1 Å². The van der Waals surface area contributed by atoms with Crippen molar-refractivity contribution in [2.75, 3.05) is 44.7 Å². The van der Waals surface area contributed by atoms with E-state index >= 15 is 0 Å². The molecule has 1 aliphatic heterocycles. The van der Waals surface area contributed by atoms with Crippen molar-refractivity contribution in [1.29, 1.82) is 5.41 Å². The van der Waals surface area contributed by atoms with E-state index in [-0.39, 0.29) is 17.5 Å². The quantitative estimate of drug-likeness (QED) is 0.329. The van der Waals surface area contributed by atoms with Gasteiger partial charge in [-0.05, 0) is 56.0 Å². The summed E-state index contributed by atoms with van der Waals surface area (Å²) < 4.78 is 5.46. The Kier molecular flexibility index (Phi) is 9.94. The lowest BCUT2D eigenvalue weighted by Gasteiger charge is -2.37. The molecule has 0 radical (unpaired) electrons. The first-order valence-corrected chi connectivity index (χ1v) is 13.4. The molecule has 1 saturated heterocycles. The van der Waals surface area contributed by atoms with Crippen LogP contribution in [0.2, 0.25) is 0 Å². The molecule has 1 heterocycles. The Balaban J connectivity index is 1.90. The van der Waals surface area contributed by atoms with Crippen molar-refractivity contribution in [3.8, 4) is 11.5 Å². The second-order valence-corrected chi connectivity index (χ2v) is 10.3. The maximum atomic E-state index is 12.7. The van der Waals surface area contributed by atoms with Crippen LogP contribution in [-0.4, -0.2) is 72.5 Å². The van der Waals surface area contributed by atoms with Gasteiger partial charge in [-0.2, -0.15) is 0 Å². The number of hydrogen-bond donors (Lipinski definition) is 3. The number of nitrogens with zero attached hydrogens (tertiary/aromatic N) is 3. The Morgan fingerprint density at radius 1 is 1.13 bits per heavy atom. The fourth-order valence-electron chi connectivity index (χ4n) is 4.78. The summed E-state index contributed by atoms with van der Waals surface area (Å²) in [5, 5.41) is 22.3. The molecule has 8 nitrogen and oxygen atoms in total. The van der Waals surface area contributed by atoms with E-state index < -0.39 is 5.91 Å². The molecule has 1 aliphatic rings. The summed E-state index contributed by atoms with van der Waals surface area (Å²) in [6, 6.07) is 11.8. The van der Waals surface area contributed by atoms with Crippen molar-refractivity contribution in [1.82, 2.24) is 15.1 Å². The molecule has 0 spiro atoms. The summed E-state index contributed by atoms with van der Waals surface area (Å²) in [6.07, 6.45) is 0. The molecular weight excluding hydrogens is 478 g/mol. The number of anilines is 1. The van der Waals surface area contributed by atoms with Gasteiger partial charge in [0.15, 0.2) is 5.84 Å². The minimum absolute atomic E-state index is 0.0258. The molecule has 0 aliphatic carbocycles. The van der Waals surface area contributed by atoms with Gasteiger partial charge in [-0.3, -0.25) is 24.9 Å². The van der Waals surface area contributed by atoms with E-state index in [9.17, 15) is 9.90 Å². The Labute approximate surface area is 227 Å². The van der Waals surface area contributed by atoms with Gasteiger partial charge in [-0.25, -0.2) is 0 Å². The summed E-state index contributed by atoms with van der Waals surface area (Å²) in [5.74, 6) is -0.0938. The molecule has 2 aromatic carbocycles. The van der Waals surface area contributed by atoms with Crippen LogP contribution in [0.15, 0.2) is 43.0 Å². The van der Waals surface area contributed by atoms with E-state index in [0.29, 0.717) is 35.3 Å². The van der Waals surface area contributed by atoms with Crippen LogP contribution in [0.5, 0.6) is 11.5 Å². The van der Waals surface area contributed by atoms with Crippen molar-refractivity contribution in [2.45, 2.75) is 53.1 Å². The van der Waals surface area contributed by atoms with E-state index in [1.54, 1.807) is 13.2 Å². The summed E-state index contributed by atoms with van der Waals surface area (Å²) in [6.45, 7) is 20.0. The summed E-state index contributed by atoms with van der Waals surface area (Å²) >= 11 is 0. The zero-order chi connectivity index (χ0) is 28.0. The monoisotopic (exact) mass is 521 g/mol. The standard InChI is InChI=1S/C30H43N5O3/c1-8-32-30(37)29(31)35(22(6)26-17-25(20(2)3)28(38-7)18-27(26)36)24-11-9-23(10-12-24)19-33-13-15-34(16-14-33)21(4)5/h9-12,17-18,20-21,31,36H,6,8,13-16,19H2,1-5,7H3,(H,32,37). The average Bonchev–Trinajstić information content (AvgIpc) is 2.89. The Bertz CT molecular complexity index is 1140. The number of aromatic hydroxyl groups is 1. The van der Waals surface area contributed by atoms with Crippen molar-refractivity contribution in [2.24, 2.45) is 0 Å². The molecule has 3 N–H and O–H groups in total. The molecule has 3 rings (SSSR count). The number of benzene rings is 2. The maximum Gasteiger partial charge on any atom is 0.287 e. The number of carbonyl (C=O) groups excluding carboxylic acids is 1. The lowest BCUT2D eigenvalue weighted by atomic mass is 9.97. The molecule has 1 fully saturated rings. The van der Waals surface area contributed by atoms with Crippen LogP contribution >= 0.6 is 0 Å². The number of carbonyl (C=O) groups is 1. The smallest absolute Gasteiger partial charge is 0.287 e. The fourth-order valence-corrected chi connectivity index (χ4v) is 4.78. The molecule has 0 unspecified atom stereocenters. The number of piperazine rings is 1. The first-order valence-electron chi connectivity index (χ1n) is 13.4. The SMILES string of the molecule is C=C(c1cc(C(C)C)c(OC)cc1O)N(C(=N)C(=O)NCC)c1ccc(CN2CCN(C(C)C)CC2)cc1. The highest BCUT2D eigenvalue weighted by atomic mass is 16.5. The summed E-state index contributed by atoms with van der Waals surface area (Å²) in [4.78, 5) is 19.2. The van der Waals surface area contributed by atoms with Crippen LogP contribution < -0.4 is 15.0 Å². The normalized spacial score (nSPS) is 14.5. The van der Waals surface area contributed by atoms with Gasteiger partial charge in [0.1, 0.15) is 11.5 Å². The van der Waals surface area contributed by atoms with E-state index in [0.717, 1.165) is 43.9 Å². The van der Waals surface area contributed by atoms with Gasteiger partial charge in [-0.1, -0.05) is 32.6 Å². The Hall–Kier alpha value is -3.36. The van der Waals surface area contributed by atoms with Gasteiger partial charge in [0, 0.05) is 62.6 Å². The highest BCUT2D eigenvalue weighted by Gasteiger charge is 2.26. The minimum atomic E-state index is -0.516. The highest BCUT2D eigenvalue weighted by molar-refractivity contribution is 6.44. The molecular formula is C30H43N5O3. The predicted octanol–water partition coefficient (Wildman–Crippen LogP) is 4.64. The number of amides is 1. The lowest BCUT2D eigenvalue weighted by molar-refractivity contribution is -0.114. The number of hydrogen-bond acceptors (Lipinski definition) is 6. The first-order chi connectivity index (χ1) is 18.1. The Morgan fingerprint density at radius 3 is 2.29 bits per heavy atom. The third-order valence-electron chi connectivity index (χ3n) is 7.06. The third-order valence-corrected chi connectivity index (χ3v) is 7.06. The first kappa shape index (κ1) is 29.2. The van der Waals surface area contributed by atoms with Gasteiger partial charge < -0.3 is 15.2 Å². The molecule has 1 amide bonds. The highest BCUT2D eigenvalue weighted by Crippen LogP contribution is 2.38. The zero-order valence-corrected chi connectivity index (χ0v) is 23.7. The number of rotatable bonds is 9. The minimum Gasteiger partial charge on any atom is -0.507 e. The second kappa shape index (κ2) is 12.9. The maximum absolute atomic E-state index is 12.7. The summed E-state index contributed by atoms with van der Waals surface area (Å²) in [5.41, 5.74) is 3.47. The van der Waals surface area contributed by atoms with Crippen LogP contribution in [0.25, 0.3) is 5.70 Å². The molecule has 0 atom stereocenters.